The van der Waals surface area contributed by atoms with Crippen molar-refractivity contribution in [3.63, 3.8) is 0 Å². The number of rotatable bonds is 6. The number of carboxylic acids is 1. The third kappa shape index (κ3) is 5.55. The first-order valence-electron chi connectivity index (χ1n) is 11.8. The van der Waals surface area contributed by atoms with Gasteiger partial charge in [-0.2, -0.15) is 17.5 Å². The van der Waals surface area contributed by atoms with E-state index in [-0.39, 0.29) is 10.5 Å². The summed E-state index contributed by atoms with van der Waals surface area (Å²) < 4.78 is 67.3. The zero-order chi connectivity index (χ0) is 27.8. The molecule has 4 aromatic rings. The van der Waals surface area contributed by atoms with E-state index in [0.717, 1.165) is 12.1 Å². The maximum atomic E-state index is 13.0. The molecule has 2 heterocycles. The van der Waals surface area contributed by atoms with Crippen LogP contribution >= 0.6 is 0 Å². The quantitative estimate of drug-likeness (QED) is 0.369. The summed E-state index contributed by atoms with van der Waals surface area (Å²) in [4.78, 5) is 12.0. The molecule has 1 aromatic heterocycles. The Labute approximate surface area is 221 Å². The number of carboxylic acid groups (broad SMARTS) is 1. The van der Waals surface area contributed by atoms with Gasteiger partial charge in [0.1, 0.15) is 5.69 Å². The summed E-state index contributed by atoms with van der Waals surface area (Å²) in [6, 6.07) is 15.2. The molecular formula is C26H22F3N5O4S. The number of piperazine rings is 1. The number of aromatic nitrogens is 3. The van der Waals surface area contributed by atoms with Crippen molar-refractivity contribution < 1.29 is 31.5 Å². The van der Waals surface area contributed by atoms with E-state index in [1.807, 2.05) is 0 Å². The first-order valence-corrected chi connectivity index (χ1v) is 13.3. The lowest BCUT2D eigenvalue weighted by Crippen LogP contribution is -2.46. The van der Waals surface area contributed by atoms with Crippen molar-refractivity contribution in [1.29, 1.82) is 0 Å². The summed E-state index contributed by atoms with van der Waals surface area (Å²) in [5, 5.41) is 20.8. The third-order valence-corrected chi connectivity index (χ3v) is 8.24. The van der Waals surface area contributed by atoms with Gasteiger partial charge in [-0.3, -0.25) is 0 Å². The fraction of sp³-hybridized carbons (Fsp3) is 0.192. The Morgan fingerprint density at radius 3 is 2.15 bits per heavy atom. The first kappa shape index (κ1) is 26.5. The van der Waals surface area contributed by atoms with Gasteiger partial charge in [-0.15, -0.1) is 5.10 Å². The van der Waals surface area contributed by atoms with Gasteiger partial charge in [0.25, 0.3) is 0 Å². The van der Waals surface area contributed by atoms with Gasteiger partial charge in [0.05, 0.1) is 27.9 Å². The summed E-state index contributed by atoms with van der Waals surface area (Å²) in [7, 11) is -3.65. The van der Waals surface area contributed by atoms with Crippen LogP contribution in [0, 0.1) is 0 Å². The molecule has 1 saturated heterocycles. The van der Waals surface area contributed by atoms with Gasteiger partial charge in [-0.1, -0.05) is 29.5 Å². The average molecular weight is 558 g/mol. The molecule has 0 radical (unpaired) electrons. The van der Waals surface area contributed by atoms with Crippen molar-refractivity contribution in [2.24, 2.45) is 0 Å². The molecule has 9 nitrogen and oxygen atoms in total. The maximum Gasteiger partial charge on any atom is 0.416 e. The molecule has 1 aliphatic heterocycles. The molecule has 2 N–H and O–H groups in total. The van der Waals surface area contributed by atoms with Crippen LogP contribution in [0.5, 0.6) is 0 Å². The van der Waals surface area contributed by atoms with Crippen LogP contribution in [-0.2, 0) is 16.2 Å². The highest BCUT2D eigenvalue weighted by Crippen LogP contribution is 2.31. The van der Waals surface area contributed by atoms with E-state index in [2.05, 4.69) is 15.6 Å². The van der Waals surface area contributed by atoms with Gasteiger partial charge in [0, 0.05) is 31.7 Å². The second kappa shape index (κ2) is 10.2. The van der Waals surface area contributed by atoms with Crippen molar-refractivity contribution in [3.8, 4) is 28.1 Å². The highest BCUT2D eigenvalue weighted by molar-refractivity contribution is 7.89. The van der Waals surface area contributed by atoms with E-state index < -0.39 is 27.7 Å². The number of hydrogen-bond acceptors (Lipinski definition) is 6. The smallest absolute Gasteiger partial charge is 0.416 e. The average Bonchev–Trinajstić information content (AvgIpc) is 3.43. The summed E-state index contributed by atoms with van der Waals surface area (Å²) in [6.45, 7) is 1.90. The van der Waals surface area contributed by atoms with Crippen LogP contribution in [0.2, 0.25) is 0 Å². The fourth-order valence-corrected chi connectivity index (χ4v) is 5.68. The Kier molecular flexibility index (Phi) is 6.97. The van der Waals surface area contributed by atoms with Crippen molar-refractivity contribution in [1.82, 2.24) is 24.6 Å². The molecule has 1 fully saturated rings. The normalized spacial score (nSPS) is 14.8. The number of benzene rings is 3. The molecule has 202 valence electrons. The molecule has 1 aliphatic rings. The van der Waals surface area contributed by atoms with Gasteiger partial charge < -0.3 is 10.4 Å². The van der Waals surface area contributed by atoms with Gasteiger partial charge in [-0.25, -0.2) is 17.9 Å². The molecule has 0 unspecified atom stereocenters. The Balaban J connectivity index is 1.45. The van der Waals surface area contributed by atoms with Gasteiger partial charge in [0.2, 0.25) is 10.0 Å². The van der Waals surface area contributed by atoms with Crippen molar-refractivity contribution >= 4 is 16.0 Å². The van der Waals surface area contributed by atoms with E-state index in [9.17, 15) is 31.5 Å². The molecule has 0 amide bonds. The molecule has 39 heavy (non-hydrogen) atoms. The summed E-state index contributed by atoms with van der Waals surface area (Å²) in [6.07, 6.45) is -2.98. The van der Waals surface area contributed by atoms with Crippen molar-refractivity contribution in [2.45, 2.75) is 11.1 Å². The molecular weight excluding hydrogens is 535 g/mol. The number of aromatic carboxylic acids is 1. The minimum absolute atomic E-state index is 0.0356. The molecule has 13 heteroatoms. The fourth-order valence-electron chi connectivity index (χ4n) is 4.24. The zero-order valence-corrected chi connectivity index (χ0v) is 21.1. The Hall–Kier alpha value is -4.07. The van der Waals surface area contributed by atoms with Gasteiger partial charge >= 0.3 is 12.1 Å². The van der Waals surface area contributed by atoms with Crippen LogP contribution in [0.15, 0.2) is 77.8 Å². The number of nitrogens with zero attached hydrogens (tertiary/aromatic N) is 4. The lowest BCUT2D eigenvalue weighted by Gasteiger charge is -2.26. The number of sulfonamides is 1. The van der Waals surface area contributed by atoms with Crippen LogP contribution < -0.4 is 5.32 Å². The molecule has 0 saturated carbocycles. The van der Waals surface area contributed by atoms with Crippen LogP contribution in [0.3, 0.4) is 0 Å². The van der Waals surface area contributed by atoms with E-state index in [1.165, 1.54) is 51.6 Å². The highest BCUT2D eigenvalue weighted by atomic mass is 32.2. The Morgan fingerprint density at radius 2 is 1.54 bits per heavy atom. The van der Waals surface area contributed by atoms with Gasteiger partial charge in [0.15, 0.2) is 0 Å². The van der Waals surface area contributed by atoms with Crippen molar-refractivity contribution in [3.05, 3.63) is 84.1 Å². The number of hydrogen-bond donors (Lipinski definition) is 2. The van der Waals surface area contributed by atoms with E-state index in [1.54, 1.807) is 18.2 Å². The Morgan fingerprint density at radius 1 is 0.897 bits per heavy atom. The predicted molar refractivity (Wildman–Crippen MR) is 136 cm³/mol. The minimum Gasteiger partial charge on any atom is -0.478 e. The van der Waals surface area contributed by atoms with Crippen LogP contribution in [0.25, 0.3) is 28.1 Å². The zero-order valence-electron chi connectivity index (χ0n) is 20.3. The van der Waals surface area contributed by atoms with E-state index in [4.69, 9.17) is 0 Å². The number of alkyl halides is 3. The topological polar surface area (TPSA) is 117 Å². The predicted octanol–water partition coefficient (Wildman–Crippen LogP) is 3.91. The number of halogens is 3. The van der Waals surface area contributed by atoms with E-state index in [0.29, 0.717) is 54.3 Å². The standard InChI is InChI=1S/C26H22F3N5O4S/c27-26(28,29)21-5-1-18(2-6-21)24-16-34(32-31-24)22-14-19(13-20(15-22)25(35)36)17-3-7-23(8-4-17)39(37,38)33-11-9-30-10-12-33/h1-8,13-16,30H,9-12H2,(H,35,36). The SMILES string of the molecule is O=C(O)c1cc(-c2ccc(S(=O)(=O)N3CCNCC3)cc2)cc(-n2cc(-c3ccc(C(F)(F)F)cc3)nn2)c1. The molecule has 0 atom stereocenters. The highest BCUT2D eigenvalue weighted by Gasteiger charge is 2.30. The second-order valence-electron chi connectivity index (χ2n) is 8.88. The minimum atomic E-state index is -4.46. The Bertz CT molecular complexity index is 1610. The largest absolute Gasteiger partial charge is 0.478 e. The number of nitrogens with one attached hydrogen (secondary N) is 1. The molecule has 0 bridgehead atoms. The lowest BCUT2D eigenvalue weighted by molar-refractivity contribution is -0.137. The second-order valence-corrected chi connectivity index (χ2v) is 10.8. The lowest BCUT2D eigenvalue weighted by atomic mass is 10.0. The van der Waals surface area contributed by atoms with Crippen LogP contribution in [0.1, 0.15) is 15.9 Å². The molecule has 5 rings (SSSR count). The third-order valence-electron chi connectivity index (χ3n) is 6.33. The first-order chi connectivity index (χ1) is 18.5. The molecule has 0 aliphatic carbocycles. The summed E-state index contributed by atoms with van der Waals surface area (Å²) in [5.41, 5.74) is 1.33. The number of carbonyl (C=O) groups is 1. The maximum absolute atomic E-state index is 13.0. The van der Waals surface area contributed by atoms with Crippen LogP contribution in [0.4, 0.5) is 13.2 Å². The van der Waals surface area contributed by atoms with Crippen molar-refractivity contribution in [2.75, 3.05) is 26.2 Å². The van der Waals surface area contributed by atoms with E-state index >= 15 is 0 Å². The molecule has 3 aromatic carbocycles. The summed E-state index contributed by atoms with van der Waals surface area (Å²) in [5.74, 6) is -1.18. The summed E-state index contributed by atoms with van der Waals surface area (Å²) >= 11 is 0. The monoisotopic (exact) mass is 557 g/mol. The van der Waals surface area contributed by atoms with Crippen LogP contribution in [-0.4, -0.2) is 65.0 Å². The molecule has 0 spiro atoms. The van der Waals surface area contributed by atoms with Gasteiger partial charge in [-0.05, 0) is 53.6 Å².